The molecular formula is C20H28O5. The fourth-order valence-electron chi connectivity index (χ4n) is 3.19. The molecule has 1 N–H and O–H groups in total. The van der Waals surface area contributed by atoms with E-state index in [4.69, 9.17) is 9.47 Å². The van der Waals surface area contributed by atoms with Crippen LogP contribution in [0.4, 0.5) is 0 Å². The first-order chi connectivity index (χ1) is 11.7. The van der Waals surface area contributed by atoms with E-state index in [2.05, 4.69) is 6.58 Å². The van der Waals surface area contributed by atoms with Crippen LogP contribution in [0.25, 0.3) is 0 Å². The summed E-state index contributed by atoms with van der Waals surface area (Å²) in [7, 11) is 0. The van der Waals surface area contributed by atoms with E-state index in [0.717, 1.165) is 11.1 Å². The van der Waals surface area contributed by atoms with Gasteiger partial charge in [0.05, 0.1) is 12.0 Å². The van der Waals surface area contributed by atoms with Crippen LogP contribution in [0.1, 0.15) is 47.0 Å². The highest BCUT2D eigenvalue weighted by Gasteiger charge is 2.40. The summed E-state index contributed by atoms with van der Waals surface area (Å²) in [6, 6.07) is 0. The Morgan fingerprint density at radius 2 is 2.12 bits per heavy atom. The average molecular weight is 348 g/mol. The van der Waals surface area contributed by atoms with E-state index >= 15 is 0 Å². The van der Waals surface area contributed by atoms with Crippen LogP contribution in [0, 0.1) is 11.8 Å². The summed E-state index contributed by atoms with van der Waals surface area (Å²) >= 11 is 0. The van der Waals surface area contributed by atoms with Crippen molar-refractivity contribution < 1.29 is 24.2 Å². The number of carbonyl (C=O) groups is 2. The molecule has 1 fully saturated rings. The van der Waals surface area contributed by atoms with Gasteiger partial charge in [-0.15, -0.1) is 0 Å². The summed E-state index contributed by atoms with van der Waals surface area (Å²) in [5.41, 5.74) is 2.14. The van der Waals surface area contributed by atoms with Gasteiger partial charge in [-0.25, -0.2) is 4.79 Å². The highest BCUT2D eigenvalue weighted by atomic mass is 16.6. The first-order valence-corrected chi connectivity index (χ1v) is 8.86. The molecule has 2 rings (SSSR count). The molecule has 0 bridgehead atoms. The zero-order chi connectivity index (χ0) is 18.7. The second kappa shape index (κ2) is 8.00. The topological polar surface area (TPSA) is 72.8 Å². The monoisotopic (exact) mass is 348 g/mol. The van der Waals surface area contributed by atoms with Gasteiger partial charge in [-0.3, -0.25) is 4.79 Å². The summed E-state index contributed by atoms with van der Waals surface area (Å²) in [5.74, 6) is -1.12. The Hall–Kier alpha value is -1.88. The molecule has 1 aliphatic carbocycles. The van der Waals surface area contributed by atoms with E-state index in [1.54, 1.807) is 6.08 Å². The molecule has 0 amide bonds. The molecule has 0 spiro atoms. The van der Waals surface area contributed by atoms with Crippen molar-refractivity contribution in [1.82, 2.24) is 0 Å². The van der Waals surface area contributed by atoms with E-state index < -0.39 is 24.3 Å². The minimum absolute atomic E-state index is 0.198. The molecule has 0 radical (unpaired) electrons. The molecule has 25 heavy (non-hydrogen) atoms. The molecule has 5 nitrogen and oxygen atoms in total. The predicted octanol–water partition coefficient (Wildman–Crippen LogP) is 3.09. The maximum Gasteiger partial charge on any atom is 0.334 e. The third-order valence-electron chi connectivity index (χ3n) is 5.03. The van der Waals surface area contributed by atoms with Crippen molar-refractivity contribution in [1.29, 1.82) is 0 Å². The van der Waals surface area contributed by atoms with Crippen LogP contribution in [0.3, 0.4) is 0 Å². The largest absolute Gasteiger partial charge is 0.458 e. The standard InChI is InChI=1S/C20H28O5/c1-6-12(3)19(22)24-17-10-16-14(5)20(23)25-18(16)8-11(2)7-15(21)9-13(17)4/h8-9,12,15-18,21H,5-7,10H2,1-4H3/b11-8+,13-9+/t12-,15-,16+,17+,18-/m1/s1. The summed E-state index contributed by atoms with van der Waals surface area (Å²) in [5, 5.41) is 10.2. The number of rotatable bonds is 3. The lowest BCUT2D eigenvalue weighted by atomic mass is 9.86. The Bertz CT molecular complexity index is 616. The molecule has 5 atom stereocenters. The molecule has 0 unspecified atom stereocenters. The lowest BCUT2D eigenvalue weighted by Crippen LogP contribution is -2.29. The van der Waals surface area contributed by atoms with Gasteiger partial charge >= 0.3 is 11.9 Å². The Morgan fingerprint density at radius 3 is 2.76 bits per heavy atom. The Balaban J connectivity index is 2.33. The van der Waals surface area contributed by atoms with Crippen molar-refractivity contribution in [2.24, 2.45) is 11.8 Å². The third-order valence-corrected chi connectivity index (χ3v) is 5.03. The van der Waals surface area contributed by atoms with Gasteiger partial charge in [0.15, 0.2) is 0 Å². The number of carbonyl (C=O) groups excluding carboxylic acids is 2. The van der Waals surface area contributed by atoms with E-state index in [-0.39, 0.29) is 17.8 Å². The predicted molar refractivity (Wildman–Crippen MR) is 94.6 cm³/mol. The van der Waals surface area contributed by atoms with Crippen LogP contribution >= 0.6 is 0 Å². The van der Waals surface area contributed by atoms with E-state index in [9.17, 15) is 14.7 Å². The van der Waals surface area contributed by atoms with Crippen LogP contribution < -0.4 is 0 Å². The van der Waals surface area contributed by atoms with Gasteiger partial charge in [-0.05, 0) is 44.8 Å². The third kappa shape index (κ3) is 4.60. The maximum atomic E-state index is 12.3. The Labute approximate surface area is 149 Å². The second-order valence-electron chi connectivity index (χ2n) is 7.17. The lowest BCUT2D eigenvalue weighted by Gasteiger charge is -2.26. The number of aliphatic hydroxyl groups excluding tert-OH is 1. The smallest absolute Gasteiger partial charge is 0.334 e. The molecule has 0 saturated carbocycles. The second-order valence-corrected chi connectivity index (χ2v) is 7.17. The summed E-state index contributed by atoms with van der Waals surface area (Å²) in [4.78, 5) is 24.2. The highest BCUT2D eigenvalue weighted by Crippen LogP contribution is 2.35. The van der Waals surface area contributed by atoms with Crippen LogP contribution in [0.5, 0.6) is 0 Å². The van der Waals surface area contributed by atoms with Crippen molar-refractivity contribution >= 4 is 11.9 Å². The minimum Gasteiger partial charge on any atom is -0.458 e. The molecule has 2 aliphatic rings. The zero-order valence-electron chi connectivity index (χ0n) is 15.5. The van der Waals surface area contributed by atoms with Crippen molar-refractivity contribution in [2.45, 2.75) is 65.3 Å². The molecule has 138 valence electrons. The molecule has 5 heteroatoms. The molecular weight excluding hydrogens is 320 g/mol. The molecule has 0 aromatic heterocycles. The van der Waals surface area contributed by atoms with Gasteiger partial charge in [0.1, 0.15) is 12.2 Å². The fourth-order valence-corrected chi connectivity index (χ4v) is 3.19. The highest BCUT2D eigenvalue weighted by molar-refractivity contribution is 5.91. The van der Waals surface area contributed by atoms with Gasteiger partial charge in [-0.1, -0.05) is 32.1 Å². The number of ether oxygens (including phenoxy) is 2. The van der Waals surface area contributed by atoms with Crippen LogP contribution in [-0.4, -0.2) is 35.4 Å². The lowest BCUT2D eigenvalue weighted by molar-refractivity contribution is -0.152. The van der Waals surface area contributed by atoms with Crippen molar-refractivity contribution in [3.05, 3.63) is 35.5 Å². The molecule has 0 aromatic carbocycles. The molecule has 1 saturated heterocycles. The summed E-state index contributed by atoms with van der Waals surface area (Å²) in [6.07, 6.45) is 3.53. The van der Waals surface area contributed by atoms with E-state index in [0.29, 0.717) is 24.8 Å². The van der Waals surface area contributed by atoms with Gasteiger partial charge in [0.25, 0.3) is 0 Å². The minimum atomic E-state index is -0.669. The van der Waals surface area contributed by atoms with Gasteiger partial charge < -0.3 is 14.6 Å². The average Bonchev–Trinajstić information content (AvgIpc) is 2.79. The fraction of sp³-hybridized carbons (Fsp3) is 0.600. The number of esters is 2. The number of aliphatic hydroxyl groups is 1. The first-order valence-electron chi connectivity index (χ1n) is 8.86. The van der Waals surface area contributed by atoms with Crippen LogP contribution in [-0.2, 0) is 19.1 Å². The van der Waals surface area contributed by atoms with Gasteiger partial charge in [-0.2, -0.15) is 0 Å². The quantitative estimate of drug-likeness (QED) is 0.482. The number of fused-ring (bicyclic) bond motifs is 1. The number of hydrogen-bond acceptors (Lipinski definition) is 5. The van der Waals surface area contributed by atoms with Crippen LogP contribution in [0.15, 0.2) is 35.5 Å². The molecule has 1 heterocycles. The first kappa shape index (κ1) is 19.4. The normalized spacial score (nSPS) is 35.6. The Kier molecular flexibility index (Phi) is 6.22. The van der Waals surface area contributed by atoms with E-state index in [1.165, 1.54) is 0 Å². The summed E-state index contributed by atoms with van der Waals surface area (Å²) in [6.45, 7) is 11.4. The molecule has 0 aromatic rings. The SMILES string of the molecule is C=C1C(=O)O[C@@H]2/C=C(\C)C[C@@H](O)/C=C(\C)[C@@H](OC(=O)[C@H](C)CC)C[C@@H]12. The van der Waals surface area contributed by atoms with Crippen molar-refractivity contribution in [3.8, 4) is 0 Å². The Morgan fingerprint density at radius 1 is 1.44 bits per heavy atom. The van der Waals surface area contributed by atoms with Crippen LogP contribution in [0.2, 0.25) is 0 Å². The van der Waals surface area contributed by atoms with Gasteiger partial charge in [0, 0.05) is 11.5 Å². The van der Waals surface area contributed by atoms with Gasteiger partial charge in [0.2, 0.25) is 0 Å². The number of hydrogen-bond donors (Lipinski definition) is 1. The molecule has 1 aliphatic heterocycles. The van der Waals surface area contributed by atoms with Crippen molar-refractivity contribution in [2.75, 3.05) is 0 Å². The van der Waals surface area contributed by atoms with E-state index in [1.807, 2.05) is 33.8 Å². The maximum absolute atomic E-state index is 12.3. The van der Waals surface area contributed by atoms with Crippen molar-refractivity contribution in [3.63, 3.8) is 0 Å². The summed E-state index contributed by atoms with van der Waals surface area (Å²) < 4.78 is 11.1. The zero-order valence-corrected chi connectivity index (χ0v) is 15.5.